The maximum absolute atomic E-state index is 12.4. The van der Waals surface area contributed by atoms with E-state index in [1.165, 1.54) is 24.9 Å². The van der Waals surface area contributed by atoms with E-state index in [1.54, 1.807) is 0 Å². The number of Topliss-reactive ketones (excluding diaryl/α,β-unsaturated/α-hetero) is 1. The van der Waals surface area contributed by atoms with Gasteiger partial charge in [-0.1, -0.05) is 5.16 Å². The Kier molecular flexibility index (Phi) is 5.47. The normalized spacial score (nSPS) is 13.8. The monoisotopic (exact) mass is 325 g/mol. The number of nitrogens with zero attached hydrogens (tertiary/aromatic N) is 1. The Morgan fingerprint density at radius 2 is 2.23 bits per heavy atom. The molecule has 0 spiro atoms. The van der Waals surface area contributed by atoms with Gasteiger partial charge in [-0.25, -0.2) is 0 Å². The summed E-state index contributed by atoms with van der Waals surface area (Å²) < 4.78 is 10.0. The number of thioether (sulfide) groups is 1. The minimum Gasteiger partial charge on any atom is -0.379 e. The average Bonchev–Trinajstić information content (AvgIpc) is 2.96. The number of fused-ring (bicyclic) bond motifs is 1. The molecule has 3 N–H and O–H groups in total. The van der Waals surface area contributed by atoms with Crippen LogP contribution in [0.3, 0.4) is 0 Å². The van der Waals surface area contributed by atoms with E-state index in [-0.39, 0.29) is 21.9 Å². The molecular formula is C13H15N3O5S. The third kappa shape index (κ3) is 3.26. The molecule has 8 nitrogen and oxygen atoms in total. The molecular weight excluding hydrogens is 310 g/mol. The first-order valence-electron chi connectivity index (χ1n) is 6.53. The van der Waals surface area contributed by atoms with Gasteiger partial charge in [-0.2, -0.15) is 0 Å². The summed E-state index contributed by atoms with van der Waals surface area (Å²) in [7, 11) is 1.40. The Bertz CT molecular complexity index is 638. The first kappa shape index (κ1) is 16.4. The van der Waals surface area contributed by atoms with Crippen molar-refractivity contribution in [3.63, 3.8) is 0 Å². The van der Waals surface area contributed by atoms with Crippen molar-refractivity contribution >= 4 is 29.2 Å². The zero-order valence-electron chi connectivity index (χ0n) is 11.9. The van der Waals surface area contributed by atoms with E-state index < -0.39 is 17.5 Å². The standard InChI is InChI=1S/C13H15N3O5S/c1-15-13(19)10-9-11(18)8(22-5-4-20-3-2-14)6-7(17)12(9)21-16-10/h6H,2-5,14H2,1H3,(H,15,19). The highest BCUT2D eigenvalue weighted by Gasteiger charge is 2.35. The van der Waals surface area contributed by atoms with Crippen molar-refractivity contribution in [1.29, 1.82) is 0 Å². The second-order valence-corrected chi connectivity index (χ2v) is 5.40. The molecule has 118 valence electrons. The zero-order valence-corrected chi connectivity index (χ0v) is 12.7. The van der Waals surface area contributed by atoms with Crippen molar-refractivity contribution in [3.05, 3.63) is 28.0 Å². The van der Waals surface area contributed by atoms with Crippen molar-refractivity contribution in [2.45, 2.75) is 0 Å². The van der Waals surface area contributed by atoms with Gasteiger partial charge in [-0.3, -0.25) is 14.4 Å². The second kappa shape index (κ2) is 7.34. The SMILES string of the molecule is CNC(=O)c1noc2c1C(=O)C(SCCOCCN)=CC2=O. The summed E-state index contributed by atoms with van der Waals surface area (Å²) in [6, 6.07) is 0. The Hall–Kier alpha value is -1.97. The largest absolute Gasteiger partial charge is 0.379 e. The number of ketones is 2. The minimum atomic E-state index is -0.580. The van der Waals surface area contributed by atoms with Crippen LogP contribution in [0.4, 0.5) is 0 Å². The molecule has 0 fully saturated rings. The van der Waals surface area contributed by atoms with Gasteiger partial charge < -0.3 is 20.3 Å². The molecule has 0 saturated carbocycles. The smallest absolute Gasteiger partial charge is 0.274 e. The third-order valence-corrected chi connectivity index (χ3v) is 3.80. The lowest BCUT2D eigenvalue weighted by Gasteiger charge is -2.10. The zero-order chi connectivity index (χ0) is 16.1. The lowest BCUT2D eigenvalue weighted by atomic mass is 10.00. The lowest BCUT2D eigenvalue weighted by molar-refractivity contribution is 0.0944. The second-order valence-electron chi connectivity index (χ2n) is 4.27. The fourth-order valence-electron chi connectivity index (χ4n) is 1.82. The molecule has 1 amide bonds. The van der Waals surface area contributed by atoms with E-state index in [0.29, 0.717) is 25.5 Å². The Morgan fingerprint density at radius 1 is 1.45 bits per heavy atom. The number of carbonyl (C=O) groups is 3. The lowest BCUT2D eigenvalue weighted by Crippen LogP contribution is -2.23. The molecule has 0 aliphatic heterocycles. The summed E-state index contributed by atoms with van der Waals surface area (Å²) in [5.41, 5.74) is 5.03. The van der Waals surface area contributed by atoms with Crippen LogP contribution >= 0.6 is 11.8 Å². The molecule has 1 aromatic rings. The van der Waals surface area contributed by atoms with E-state index in [4.69, 9.17) is 15.0 Å². The Morgan fingerprint density at radius 3 is 2.91 bits per heavy atom. The van der Waals surface area contributed by atoms with E-state index in [2.05, 4.69) is 10.5 Å². The number of hydrogen-bond acceptors (Lipinski definition) is 8. The number of aromatic nitrogens is 1. The molecule has 22 heavy (non-hydrogen) atoms. The molecule has 1 heterocycles. The van der Waals surface area contributed by atoms with Gasteiger partial charge in [0.05, 0.1) is 18.1 Å². The Balaban J connectivity index is 2.13. The van der Waals surface area contributed by atoms with Crippen LogP contribution < -0.4 is 11.1 Å². The van der Waals surface area contributed by atoms with Gasteiger partial charge >= 0.3 is 0 Å². The quantitative estimate of drug-likeness (QED) is 0.671. The summed E-state index contributed by atoms with van der Waals surface area (Å²) in [5, 5.41) is 5.87. The van der Waals surface area contributed by atoms with Crippen molar-refractivity contribution in [3.8, 4) is 0 Å². The molecule has 0 atom stereocenters. The number of hydrogen-bond donors (Lipinski definition) is 2. The van der Waals surface area contributed by atoms with Gasteiger partial charge in [0, 0.05) is 25.4 Å². The highest BCUT2D eigenvalue weighted by molar-refractivity contribution is 8.04. The first-order chi connectivity index (χ1) is 10.6. The van der Waals surface area contributed by atoms with Gasteiger partial charge in [0.25, 0.3) is 5.91 Å². The predicted molar refractivity (Wildman–Crippen MR) is 79.0 cm³/mol. The van der Waals surface area contributed by atoms with Crippen LogP contribution in [0.2, 0.25) is 0 Å². The molecule has 1 aliphatic carbocycles. The van der Waals surface area contributed by atoms with E-state index >= 15 is 0 Å². The van der Waals surface area contributed by atoms with Crippen LogP contribution in [0.15, 0.2) is 15.5 Å². The van der Waals surface area contributed by atoms with Crippen molar-refractivity contribution < 1.29 is 23.6 Å². The van der Waals surface area contributed by atoms with Crippen LogP contribution in [0.25, 0.3) is 0 Å². The van der Waals surface area contributed by atoms with Crippen molar-refractivity contribution in [2.75, 3.05) is 32.6 Å². The topological polar surface area (TPSA) is 125 Å². The maximum Gasteiger partial charge on any atom is 0.274 e. The Labute approximate surface area is 130 Å². The molecule has 0 bridgehead atoms. The van der Waals surface area contributed by atoms with Gasteiger partial charge in [0.15, 0.2) is 5.69 Å². The van der Waals surface area contributed by atoms with Crippen LogP contribution in [0.1, 0.15) is 31.4 Å². The summed E-state index contributed by atoms with van der Waals surface area (Å²) in [6.45, 7) is 1.26. The highest BCUT2D eigenvalue weighted by atomic mass is 32.2. The van der Waals surface area contributed by atoms with Gasteiger partial charge in [-0.15, -0.1) is 11.8 Å². The van der Waals surface area contributed by atoms with Gasteiger partial charge in [0.1, 0.15) is 5.56 Å². The summed E-state index contributed by atoms with van der Waals surface area (Å²) >= 11 is 1.18. The van der Waals surface area contributed by atoms with Gasteiger partial charge in [-0.05, 0) is 0 Å². The minimum absolute atomic E-state index is 0.0859. The van der Waals surface area contributed by atoms with Crippen molar-refractivity contribution in [2.24, 2.45) is 5.73 Å². The average molecular weight is 325 g/mol. The summed E-state index contributed by atoms with van der Waals surface area (Å²) in [6.07, 6.45) is 1.19. The molecule has 0 unspecified atom stereocenters. The number of rotatable bonds is 7. The summed E-state index contributed by atoms with van der Waals surface area (Å²) in [5.74, 6) is -1.22. The predicted octanol–water partition coefficient (Wildman–Crippen LogP) is 0.00560. The molecule has 1 aliphatic rings. The van der Waals surface area contributed by atoms with Crippen LogP contribution in [0, 0.1) is 0 Å². The molecule has 0 saturated heterocycles. The number of carbonyl (C=O) groups excluding carboxylic acids is 3. The highest BCUT2D eigenvalue weighted by Crippen LogP contribution is 2.30. The summed E-state index contributed by atoms with van der Waals surface area (Å²) in [4.78, 5) is 36.3. The number of nitrogens with two attached hydrogens (primary N) is 1. The van der Waals surface area contributed by atoms with E-state index in [0.717, 1.165) is 0 Å². The molecule has 9 heteroatoms. The maximum atomic E-state index is 12.4. The van der Waals surface area contributed by atoms with Crippen molar-refractivity contribution in [1.82, 2.24) is 10.5 Å². The number of ether oxygens (including phenoxy) is 1. The van der Waals surface area contributed by atoms with Gasteiger partial charge in [0.2, 0.25) is 17.3 Å². The fraction of sp³-hybridized carbons (Fsp3) is 0.385. The molecule has 0 aromatic carbocycles. The number of amides is 1. The van der Waals surface area contributed by atoms with Crippen LogP contribution in [-0.2, 0) is 4.74 Å². The third-order valence-electron chi connectivity index (χ3n) is 2.82. The molecule has 0 radical (unpaired) electrons. The first-order valence-corrected chi connectivity index (χ1v) is 7.51. The number of nitrogens with one attached hydrogen (secondary N) is 1. The fourth-order valence-corrected chi connectivity index (χ4v) is 2.66. The number of allylic oxidation sites excluding steroid dienone is 2. The molecule has 1 aromatic heterocycles. The van der Waals surface area contributed by atoms with Crippen LogP contribution in [0.5, 0.6) is 0 Å². The van der Waals surface area contributed by atoms with Crippen LogP contribution in [-0.4, -0.2) is 55.2 Å². The molecule has 2 rings (SSSR count). The van der Waals surface area contributed by atoms with E-state index in [1.807, 2.05) is 0 Å². The van der Waals surface area contributed by atoms with E-state index in [9.17, 15) is 14.4 Å².